The summed E-state index contributed by atoms with van der Waals surface area (Å²) in [7, 11) is 0. The molecule has 0 saturated heterocycles. The third-order valence-electron chi connectivity index (χ3n) is 2.89. The number of rotatable bonds is 5. The number of amides is 1. The minimum absolute atomic E-state index is 0.1000. The molecule has 1 amide bonds. The van der Waals surface area contributed by atoms with Crippen molar-refractivity contribution in [3.05, 3.63) is 30.1 Å². The Bertz CT molecular complexity index is 471. The highest BCUT2D eigenvalue weighted by molar-refractivity contribution is 14.1. The van der Waals surface area contributed by atoms with Crippen LogP contribution in [0.5, 0.6) is 0 Å². The summed E-state index contributed by atoms with van der Waals surface area (Å²) in [5.41, 5.74) is 6.43. The van der Waals surface area contributed by atoms with Crippen molar-refractivity contribution in [2.24, 2.45) is 11.1 Å². The molecule has 0 radical (unpaired) electrons. The van der Waals surface area contributed by atoms with E-state index in [1.54, 1.807) is 41.1 Å². The number of pyridine rings is 1. The van der Waals surface area contributed by atoms with E-state index in [0.29, 0.717) is 6.42 Å². The number of hydrogen-bond donors (Lipinski definition) is 2. The van der Waals surface area contributed by atoms with E-state index >= 15 is 0 Å². The molecule has 0 aliphatic carbocycles. The van der Waals surface area contributed by atoms with Crippen LogP contribution in [0.25, 0.3) is 0 Å². The number of halogens is 1. The highest BCUT2D eigenvalue weighted by Crippen LogP contribution is 2.22. The zero-order chi connectivity index (χ0) is 15.3. The van der Waals surface area contributed by atoms with Crippen LogP contribution in [-0.4, -0.2) is 26.8 Å². The molecule has 0 bridgehead atoms. The summed E-state index contributed by atoms with van der Waals surface area (Å²) in [6.07, 6.45) is 3.74. The number of nitrogens with two attached hydrogens (primary N) is 1. The van der Waals surface area contributed by atoms with Gasteiger partial charge in [-0.3, -0.25) is 14.6 Å². The highest BCUT2D eigenvalue weighted by atomic mass is 127. The second kappa shape index (κ2) is 7.12. The van der Waals surface area contributed by atoms with Crippen LogP contribution in [-0.2, 0) is 16.0 Å². The van der Waals surface area contributed by atoms with Crippen LogP contribution in [0.15, 0.2) is 24.5 Å². The van der Waals surface area contributed by atoms with E-state index < -0.39 is 12.1 Å². The van der Waals surface area contributed by atoms with Gasteiger partial charge in [-0.25, -0.2) is 0 Å². The molecule has 20 heavy (non-hydrogen) atoms. The number of nitrogens with zero attached hydrogens (tertiary/aromatic N) is 1. The number of aromatic nitrogens is 1. The van der Waals surface area contributed by atoms with E-state index in [2.05, 4.69) is 10.3 Å². The molecule has 2 atom stereocenters. The second-order valence-electron chi connectivity index (χ2n) is 5.78. The van der Waals surface area contributed by atoms with E-state index in [4.69, 9.17) is 5.73 Å². The molecule has 0 aromatic carbocycles. The van der Waals surface area contributed by atoms with Crippen molar-refractivity contribution in [3.8, 4) is 0 Å². The third kappa shape index (κ3) is 5.16. The molecule has 6 heteroatoms. The lowest BCUT2D eigenvalue weighted by atomic mass is 9.87. The first-order valence-corrected chi connectivity index (χ1v) is 7.44. The van der Waals surface area contributed by atoms with Crippen LogP contribution >= 0.6 is 22.6 Å². The SMILES string of the molecule is CC(C)(C)[C@H](NC(=O)[C@@H](N)Cc1cccnc1)C(=O)I. The standard InChI is InChI=1S/C14H20IN3O2/c1-14(2,3)11(12(15)19)18-13(20)10(16)7-9-5-4-6-17-8-9/h4-6,8,10-11H,7,16H2,1-3H3,(H,18,20)/t10-,11+/m0/s1. The topological polar surface area (TPSA) is 85.1 Å². The monoisotopic (exact) mass is 389 g/mol. The quantitative estimate of drug-likeness (QED) is 0.590. The molecule has 3 N–H and O–H groups in total. The maximum absolute atomic E-state index is 12.1. The lowest BCUT2D eigenvalue weighted by Gasteiger charge is -2.29. The Kier molecular flexibility index (Phi) is 6.07. The predicted molar refractivity (Wildman–Crippen MR) is 86.3 cm³/mol. The molecule has 110 valence electrons. The Morgan fingerprint density at radius 2 is 2.10 bits per heavy atom. The first kappa shape index (κ1) is 17.0. The minimum atomic E-state index is -0.695. The van der Waals surface area contributed by atoms with Crippen molar-refractivity contribution < 1.29 is 9.59 Å². The van der Waals surface area contributed by atoms with Gasteiger partial charge in [-0.05, 0) is 23.5 Å². The lowest BCUT2D eigenvalue weighted by Crippen LogP contribution is -2.53. The average molecular weight is 389 g/mol. The Hall–Kier alpha value is -1.02. The minimum Gasteiger partial charge on any atom is -0.344 e. The van der Waals surface area contributed by atoms with Crippen molar-refractivity contribution in [2.75, 3.05) is 0 Å². The maximum Gasteiger partial charge on any atom is 0.237 e. The molecule has 5 nitrogen and oxygen atoms in total. The molecule has 0 saturated carbocycles. The molecule has 0 fully saturated rings. The highest BCUT2D eigenvalue weighted by Gasteiger charge is 2.32. The fourth-order valence-electron chi connectivity index (χ4n) is 1.73. The van der Waals surface area contributed by atoms with Gasteiger partial charge >= 0.3 is 0 Å². The Morgan fingerprint density at radius 3 is 2.55 bits per heavy atom. The zero-order valence-electron chi connectivity index (χ0n) is 11.9. The maximum atomic E-state index is 12.1. The lowest BCUT2D eigenvalue weighted by molar-refractivity contribution is -0.127. The fourth-order valence-corrected chi connectivity index (χ4v) is 2.82. The van der Waals surface area contributed by atoms with Crippen molar-refractivity contribution in [1.82, 2.24) is 10.3 Å². The molecule has 1 rings (SSSR count). The Balaban J connectivity index is 2.67. The first-order chi connectivity index (χ1) is 9.21. The normalized spacial score (nSPS) is 14.4. The van der Waals surface area contributed by atoms with Crippen LogP contribution in [0.3, 0.4) is 0 Å². The van der Waals surface area contributed by atoms with Crippen LogP contribution in [0, 0.1) is 5.41 Å². The molecule has 1 heterocycles. The van der Waals surface area contributed by atoms with Gasteiger partial charge in [0.25, 0.3) is 0 Å². The molecule has 0 aliphatic heterocycles. The molecule has 1 aromatic heterocycles. The van der Waals surface area contributed by atoms with E-state index in [1.165, 1.54) is 0 Å². The van der Waals surface area contributed by atoms with Gasteiger partial charge < -0.3 is 11.1 Å². The van der Waals surface area contributed by atoms with Gasteiger partial charge in [0, 0.05) is 35.0 Å². The van der Waals surface area contributed by atoms with Crippen molar-refractivity contribution in [2.45, 2.75) is 39.3 Å². The molecule has 0 aliphatic rings. The largest absolute Gasteiger partial charge is 0.344 e. The van der Waals surface area contributed by atoms with E-state index in [9.17, 15) is 9.59 Å². The molecular weight excluding hydrogens is 369 g/mol. The summed E-state index contributed by atoms with van der Waals surface area (Å²) < 4.78 is -0.1000. The fraction of sp³-hybridized carbons (Fsp3) is 0.500. The van der Waals surface area contributed by atoms with Crippen molar-refractivity contribution in [3.63, 3.8) is 0 Å². The molecule has 1 aromatic rings. The molecule has 0 unspecified atom stereocenters. The Morgan fingerprint density at radius 1 is 1.45 bits per heavy atom. The van der Waals surface area contributed by atoms with Crippen molar-refractivity contribution in [1.29, 1.82) is 0 Å². The van der Waals surface area contributed by atoms with E-state index in [-0.39, 0.29) is 15.1 Å². The van der Waals surface area contributed by atoms with Crippen LogP contribution in [0.1, 0.15) is 26.3 Å². The first-order valence-electron chi connectivity index (χ1n) is 6.36. The van der Waals surface area contributed by atoms with Gasteiger partial charge in [0.1, 0.15) is 6.04 Å². The predicted octanol–water partition coefficient (Wildman–Crippen LogP) is 1.44. The third-order valence-corrected chi connectivity index (χ3v) is 3.52. The van der Waals surface area contributed by atoms with E-state index in [0.717, 1.165) is 5.56 Å². The summed E-state index contributed by atoms with van der Waals surface area (Å²) in [5.74, 6) is -0.321. The number of carbonyl (C=O) groups is 2. The van der Waals surface area contributed by atoms with Crippen molar-refractivity contribution >= 4 is 32.3 Å². The second-order valence-corrected chi connectivity index (χ2v) is 6.85. The summed E-state index contributed by atoms with van der Waals surface area (Å²) in [4.78, 5) is 27.7. The molecular formula is C14H20IN3O2. The van der Waals surface area contributed by atoms with Gasteiger partial charge in [0.05, 0.1) is 6.04 Å². The van der Waals surface area contributed by atoms with Gasteiger partial charge in [0.15, 0.2) is 0 Å². The summed E-state index contributed by atoms with van der Waals surface area (Å²) in [6.45, 7) is 5.71. The van der Waals surface area contributed by atoms with Gasteiger partial charge in [-0.15, -0.1) is 0 Å². The zero-order valence-corrected chi connectivity index (χ0v) is 14.0. The number of carbonyl (C=O) groups excluding carboxylic acids is 2. The number of nitrogens with one attached hydrogen (secondary N) is 1. The van der Waals surface area contributed by atoms with Crippen LogP contribution in [0.4, 0.5) is 0 Å². The van der Waals surface area contributed by atoms with Gasteiger partial charge in [-0.2, -0.15) is 0 Å². The summed E-state index contributed by atoms with van der Waals surface area (Å²) in [5, 5.41) is 2.74. The number of hydrogen-bond acceptors (Lipinski definition) is 4. The summed E-state index contributed by atoms with van der Waals surface area (Å²) >= 11 is 1.71. The summed E-state index contributed by atoms with van der Waals surface area (Å²) in [6, 6.07) is 2.42. The smallest absolute Gasteiger partial charge is 0.237 e. The Labute approximate surface area is 132 Å². The van der Waals surface area contributed by atoms with Gasteiger partial charge in [-0.1, -0.05) is 26.8 Å². The van der Waals surface area contributed by atoms with E-state index in [1.807, 2.05) is 26.8 Å². The van der Waals surface area contributed by atoms with Crippen LogP contribution < -0.4 is 11.1 Å². The van der Waals surface area contributed by atoms with Crippen LogP contribution in [0.2, 0.25) is 0 Å². The average Bonchev–Trinajstić information content (AvgIpc) is 2.34. The molecule has 0 spiro atoms. The van der Waals surface area contributed by atoms with Gasteiger partial charge in [0.2, 0.25) is 9.70 Å².